The molecule has 3 aromatic rings. The molecule has 1 aromatic carbocycles. The lowest BCUT2D eigenvalue weighted by molar-refractivity contribution is 0.918. The summed E-state index contributed by atoms with van der Waals surface area (Å²) in [7, 11) is 1.99. The minimum Gasteiger partial charge on any atom is -0.350 e. The smallest absolute Gasteiger partial charge is 0.149 e. The minimum absolute atomic E-state index is 0.790. The summed E-state index contributed by atoms with van der Waals surface area (Å²) < 4.78 is 2.01. The molecule has 0 fully saturated rings. The molecular formula is C17H18N4. The molecule has 0 radical (unpaired) electrons. The van der Waals surface area contributed by atoms with Gasteiger partial charge in [-0.3, -0.25) is 5.43 Å². The molecule has 1 N–H and O–H groups in total. The quantitative estimate of drug-likeness (QED) is 0.587. The van der Waals surface area contributed by atoms with E-state index in [0.29, 0.717) is 0 Å². The summed E-state index contributed by atoms with van der Waals surface area (Å²) >= 11 is 0. The lowest BCUT2D eigenvalue weighted by Gasteiger charge is -2.07. The van der Waals surface area contributed by atoms with Crippen LogP contribution in [0.3, 0.4) is 0 Å². The third kappa shape index (κ3) is 2.79. The van der Waals surface area contributed by atoms with Crippen LogP contribution in [0.25, 0.3) is 10.9 Å². The van der Waals surface area contributed by atoms with Crippen molar-refractivity contribution in [3.05, 3.63) is 59.4 Å². The average Bonchev–Trinajstić information content (AvgIpc) is 2.85. The average molecular weight is 278 g/mol. The van der Waals surface area contributed by atoms with Crippen LogP contribution in [-0.4, -0.2) is 15.8 Å². The molecule has 106 valence electrons. The molecular weight excluding hydrogens is 260 g/mol. The Morgan fingerprint density at radius 1 is 1.19 bits per heavy atom. The molecule has 0 unspecified atom stereocenters. The number of nitrogens with one attached hydrogen (secondary N) is 1. The number of hydrazone groups is 1. The Kier molecular flexibility index (Phi) is 3.44. The number of fused-ring (bicyclic) bond motifs is 1. The third-order valence-electron chi connectivity index (χ3n) is 3.51. The van der Waals surface area contributed by atoms with E-state index in [-0.39, 0.29) is 0 Å². The van der Waals surface area contributed by atoms with E-state index in [2.05, 4.69) is 46.7 Å². The van der Waals surface area contributed by atoms with E-state index < -0.39 is 0 Å². The maximum absolute atomic E-state index is 4.65. The molecule has 2 aromatic heterocycles. The first kappa shape index (κ1) is 13.4. The van der Waals surface area contributed by atoms with Gasteiger partial charge in [0.1, 0.15) is 5.82 Å². The summed E-state index contributed by atoms with van der Waals surface area (Å²) in [6.07, 6.45) is 3.78. The highest BCUT2D eigenvalue weighted by atomic mass is 15.3. The second kappa shape index (κ2) is 5.40. The van der Waals surface area contributed by atoms with Crippen LogP contribution in [0.2, 0.25) is 0 Å². The molecule has 0 amide bonds. The highest BCUT2D eigenvalue weighted by molar-refractivity contribution is 5.83. The minimum atomic E-state index is 0.790. The fraction of sp³-hybridized carbons (Fsp3) is 0.176. The van der Waals surface area contributed by atoms with E-state index >= 15 is 0 Å². The number of rotatable bonds is 3. The van der Waals surface area contributed by atoms with Crippen molar-refractivity contribution in [2.24, 2.45) is 12.1 Å². The van der Waals surface area contributed by atoms with E-state index in [0.717, 1.165) is 28.0 Å². The normalized spacial score (nSPS) is 11.4. The van der Waals surface area contributed by atoms with Gasteiger partial charge in [-0.15, -0.1) is 0 Å². The maximum Gasteiger partial charge on any atom is 0.149 e. The van der Waals surface area contributed by atoms with Gasteiger partial charge in [-0.25, -0.2) is 4.98 Å². The number of anilines is 1. The van der Waals surface area contributed by atoms with E-state index in [4.69, 9.17) is 0 Å². The van der Waals surface area contributed by atoms with E-state index in [1.807, 2.05) is 36.9 Å². The summed E-state index contributed by atoms with van der Waals surface area (Å²) in [6.45, 7) is 4.11. The fourth-order valence-electron chi connectivity index (χ4n) is 2.26. The van der Waals surface area contributed by atoms with Crippen LogP contribution in [0, 0.1) is 13.8 Å². The van der Waals surface area contributed by atoms with Crippen LogP contribution in [0.4, 0.5) is 5.82 Å². The van der Waals surface area contributed by atoms with E-state index in [1.54, 1.807) is 6.21 Å². The molecule has 4 nitrogen and oxygen atoms in total. The fourth-order valence-corrected chi connectivity index (χ4v) is 2.26. The molecule has 21 heavy (non-hydrogen) atoms. The number of hydrogen-bond acceptors (Lipinski definition) is 3. The number of aryl methyl sites for hydroxylation is 3. The molecule has 0 bridgehead atoms. The first-order chi connectivity index (χ1) is 10.1. The highest BCUT2D eigenvalue weighted by Gasteiger charge is 2.03. The van der Waals surface area contributed by atoms with E-state index in [1.165, 1.54) is 5.56 Å². The van der Waals surface area contributed by atoms with Crippen LogP contribution in [0.15, 0.2) is 47.7 Å². The molecule has 3 rings (SSSR count). The molecule has 0 spiro atoms. The van der Waals surface area contributed by atoms with Crippen molar-refractivity contribution in [1.29, 1.82) is 0 Å². The van der Waals surface area contributed by atoms with Gasteiger partial charge in [0, 0.05) is 18.6 Å². The monoisotopic (exact) mass is 278 g/mol. The van der Waals surface area contributed by atoms with Gasteiger partial charge in [-0.2, -0.15) is 5.10 Å². The van der Waals surface area contributed by atoms with Crippen molar-refractivity contribution in [2.75, 3.05) is 5.43 Å². The topological polar surface area (TPSA) is 42.2 Å². The van der Waals surface area contributed by atoms with Gasteiger partial charge in [-0.1, -0.05) is 12.1 Å². The van der Waals surface area contributed by atoms with Gasteiger partial charge >= 0.3 is 0 Å². The summed E-state index contributed by atoms with van der Waals surface area (Å²) in [5.41, 5.74) is 7.34. The molecule has 0 aliphatic carbocycles. The Morgan fingerprint density at radius 3 is 2.81 bits per heavy atom. The Labute approximate surface area is 124 Å². The SMILES string of the molecule is Cc1ccc2cc(C)c(NN=Cc3cccn3C)nc2c1. The van der Waals surface area contributed by atoms with Crippen molar-refractivity contribution in [3.8, 4) is 0 Å². The van der Waals surface area contributed by atoms with Gasteiger partial charge in [0.25, 0.3) is 0 Å². The predicted molar refractivity (Wildman–Crippen MR) is 87.8 cm³/mol. The number of benzene rings is 1. The van der Waals surface area contributed by atoms with Gasteiger partial charge < -0.3 is 4.57 Å². The van der Waals surface area contributed by atoms with Gasteiger partial charge in [0.15, 0.2) is 0 Å². The number of nitrogens with zero attached hydrogens (tertiary/aromatic N) is 3. The molecule has 0 saturated carbocycles. The van der Waals surface area contributed by atoms with Crippen LogP contribution in [0.5, 0.6) is 0 Å². The summed E-state index contributed by atoms with van der Waals surface area (Å²) in [5.74, 6) is 0.790. The first-order valence-electron chi connectivity index (χ1n) is 6.92. The Hall–Kier alpha value is -2.62. The summed E-state index contributed by atoms with van der Waals surface area (Å²) in [6, 6.07) is 12.4. The molecule has 0 aliphatic heterocycles. The van der Waals surface area contributed by atoms with Gasteiger partial charge in [0.05, 0.1) is 17.4 Å². The van der Waals surface area contributed by atoms with E-state index in [9.17, 15) is 0 Å². The second-order valence-corrected chi connectivity index (χ2v) is 5.26. The van der Waals surface area contributed by atoms with Crippen molar-refractivity contribution >= 4 is 22.9 Å². The maximum atomic E-state index is 4.65. The first-order valence-corrected chi connectivity index (χ1v) is 6.92. The predicted octanol–water partition coefficient (Wildman–Crippen LogP) is 3.64. The molecule has 0 aliphatic rings. The standard InChI is InChI=1S/C17H18N4/c1-12-6-7-14-10-13(2)17(19-16(14)9-12)20-18-11-15-5-4-8-21(15)3/h4-11H,1-3H3,(H,19,20). The van der Waals surface area contributed by atoms with Crippen molar-refractivity contribution < 1.29 is 0 Å². The number of hydrogen-bond donors (Lipinski definition) is 1. The van der Waals surface area contributed by atoms with Crippen LogP contribution in [-0.2, 0) is 7.05 Å². The van der Waals surface area contributed by atoms with Gasteiger partial charge in [0.2, 0.25) is 0 Å². The van der Waals surface area contributed by atoms with Crippen LogP contribution >= 0.6 is 0 Å². The molecule has 2 heterocycles. The lowest BCUT2D eigenvalue weighted by atomic mass is 10.1. The van der Waals surface area contributed by atoms with Crippen molar-refractivity contribution in [1.82, 2.24) is 9.55 Å². The molecule has 0 saturated heterocycles. The van der Waals surface area contributed by atoms with Gasteiger partial charge in [-0.05, 0) is 49.2 Å². The zero-order chi connectivity index (χ0) is 14.8. The number of aromatic nitrogens is 2. The zero-order valence-corrected chi connectivity index (χ0v) is 12.5. The van der Waals surface area contributed by atoms with Crippen LogP contribution in [0.1, 0.15) is 16.8 Å². The zero-order valence-electron chi connectivity index (χ0n) is 12.5. The van der Waals surface area contributed by atoms with Crippen LogP contribution < -0.4 is 5.43 Å². The molecule has 0 atom stereocenters. The third-order valence-corrected chi connectivity index (χ3v) is 3.51. The second-order valence-electron chi connectivity index (χ2n) is 5.26. The lowest BCUT2D eigenvalue weighted by Crippen LogP contribution is -1.99. The molecule has 4 heteroatoms. The summed E-state index contributed by atoms with van der Waals surface area (Å²) in [4.78, 5) is 4.65. The van der Waals surface area contributed by atoms with Crippen molar-refractivity contribution in [3.63, 3.8) is 0 Å². The Balaban J connectivity index is 1.88. The van der Waals surface area contributed by atoms with Crippen molar-refractivity contribution in [2.45, 2.75) is 13.8 Å². The summed E-state index contributed by atoms with van der Waals surface area (Å²) in [5, 5.41) is 5.42. The largest absolute Gasteiger partial charge is 0.350 e. The highest BCUT2D eigenvalue weighted by Crippen LogP contribution is 2.20. The Bertz CT molecular complexity index is 815. The number of pyridine rings is 1. The Morgan fingerprint density at radius 2 is 2.05 bits per heavy atom.